The number of rotatable bonds is 4. The van der Waals surface area contributed by atoms with Gasteiger partial charge in [0.15, 0.2) is 5.82 Å². The Morgan fingerprint density at radius 2 is 1.85 bits per heavy atom. The second-order valence-corrected chi connectivity index (χ2v) is 6.88. The van der Waals surface area contributed by atoms with Crippen LogP contribution in [-0.2, 0) is 6.54 Å². The van der Waals surface area contributed by atoms with Crippen LogP contribution in [0.3, 0.4) is 0 Å². The molecule has 5 aromatic rings. The minimum atomic E-state index is 0.579. The first kappa shape index (κ1) is 15.0. The molecule has 0 unspecified atom stereocenters. The van der Waals surface area contributed by atoms with Crippen molar-refractivity contribution in [1.82, 2.24) is 19.9 Å². The lowest BCUT2D eigenvalue weighted by atomic mass is 10.1. The number of para-hydroxylation sites is 2. The van der Waals surface area contributed by atoms with Gasteiger partial charge in [0.05, 0.1) is 17.6 Å². The van der Waals surface area contributed by atoms with Gasteiger partial charge in [0.1, 0.15) is 11.6 Å². The lowest BCUT2D eigenvalue weighted by molar-refractivity contribution is 0.993. The monoisotopic (exact) mass is 357 g/mol. The van der Waals surface area contributed by atoms with Crippen molar-refractivity contribution in [2.45, 2.75) is 6.54 Å². The Kier molecular flexibility index (Phi) is 3.61. The topological polar surface area (TPSA) is 66.5 Å². The van der Waals surface area contributed by atoms with Crippen LogP contribution in [-0.4, -0.2) is 19.9 Å². The number of H-pyrrole nitrogens is 1. The first-order valence-corrected chi connectivity index (χ1v) is 9.22. The molecule has 5 nitrogen and oxygen atoms in total. The Morgan fingerprint density at radius 3 is 2.81 bits per heavy atom. The summed E-state index contributed by atoms with van der Waals surface area (Å²) in [6, 6.07) is 18.2. The highest BCUT2D eigenvalue weighted by Crippen LogP contribution is 2.32. The average Bonchev–Trinajstić information content (AvgIpc) is 3.30. The zero-order chi connectivity index (χ0) is 17.3. The van der Waals surface area contributed by atoms with Gasteiger partial charge in [0.2, 0.25) is 0 Å². The molecule has 0 amide bonds. The van der Waals surface area contributed by atoms with Gasteiger partial charge in [-0.1, -0.05) is 30.3 Å². The maximum absolute atomic E-state index is 4.68. The van der Waals surface area contributed by atoms with Gasteiger partial charge in [-0.3, -0.25) is 0 Å². The van der Waals surface area contributed by atoms with E-state index in [0.29, 0.717) is 6.54 Å². The van der Waals surface area contributed by atoms with Crippen LogP contribution >= 0.6 is 11.3 Å². The number of nitrogens with one attached hydrogen (secondary N) is 2. The highest BCUT2D eigenvalue weighted by atomic mass is 32.1. The molecule has 0 saturated heterocycles. The molecule has 3 aromatic heterocycles. The number of aromatic amines is 1. The number of anilines is 1. The minimum Gasteiger partial charge on any atom is -0.363 e. The van der Waals surface area contributed by atoms with Crippen molar-refractivity contribution in [1.29, 1.82) is 0 Å². The molecule has 0 aliphatic rings. The highest BCUT2D eigenvalue weighted by Gasteiger charge is 2.09. The first-order chi connectivity index (χ1) is 12.9. The van der Waals surface area contributed by atoms with Crippen molar-refractivity contribution in [3.8, 4) is 11.4 Å². The molecular formula is C20H15N5S. The van der Waals surface area contributed by atoms with Crippen LogP contribution in [0.15, 0.2) is 66.2 Å². The Morgan fingerprint density at radius 1 is 0.962 bits per heavy atom. The second kappa shape index (κ2) is 6.24. The maximum atomic E-state index is 4.68. The largest absolute Gasteiger partial charge is 0.363 e. The molecule has 2 aromatic carbocycles. The summed E-state index contributed by atoms with van der Waals surface area (Å²) in [6.45, 7) is 0.579. The predicted octanol–water partition coefficient (Wildman–Crippen LogP) is 4.85. The summed E-state index contributed by atoms with van der Waals surface area (Å²) in [4.78, 5) is 17.0. The third kappa shape index (κ3) is 2.70. The van der Waals surface area contributed by atoms with Gasteiger partial charge < -0.3 is 10.3 Å². The molecule has 126 valence electrons. The van der Waals surface area contributed by atoms with E-state index in [0.717, 1.165) is 34.1 Å². The van der Waals surface area contributed by atoms with E-state index in [1.807, 2.05) is 36.4 Å². The van der Waals surface area contributed by atoms with Crippen molar-refractivity contribution in [3.05, 3.63) is 72.0 Å². The number of benzene rings is 2. The van der Waals surface area contributed by atoms with Crippen LogP contribution in [0.5, 0.6) is 0 Å². The number of thiophene rings is 1. The maximum Gasteiger partial charge on any atom is 0.162 e. The Labute approximate surface area is 153 Å². The van der Waals surface area contributed by atoms with E-state index in [2.05, 4.69) is 48.8 Å². The number of aromatic nitrogens is 4. The molecule has 0 radical (unpaired) electrons. The summed E-state index contributed by atoms with van der Waals surface area (Å²) < 4.78 is 1.24. The number of hydrogen-bond acceptors (Lipinski definition) is 5. The van der Waals surface area contributed by atoms with E-state index < -0.39 is 0 Å². The molecule has 5 rings (SSSR count). The van der Waals surface area contributed by atoms with E-state index in [1.54, 1.807) is 17.5 Å². The molecule has 26 heavy (non-hydrogen) atoms. The Balaban J connectivity index is 1.41. The van der Waals surface area contributed by atoms with Gasteiger partial charge >= 0.3 is 0 Å². The van der Waals surface area contributed by atoms with Crippen molar-refractivity contribution >= 4 is 38.3 Å². The minimum absolute atomic E-state index is 0.579. The Hall–Kier alpha value is -3.25. The fraction of sp³-hybridized carbons (Fsp3) is 0.0500. The molecule has 0 saturated carbocycles. The lowest BCUT2D eigenvalue weighted by Crippen LogP contribution is -2.04. The van der Waals surface area contributed by atoms with E-state index in [1.165, 1.54) is 10.1 Å². The summed E-state index contributed by atoms with van der Waals surface area (Å²) >= 11 is 1.71. The summed E-state index contributed by atoms with van der Waals surface area (Å²) in [5.74, 6) is 2.40. The fourth-order valence-electron chi connectivity index (χ4n) is 3.00. The van der Waals surface area contributed by atoms with Gasteiger partial charge in [-0.2, -0.15) is 0 Å². The molecule has 0 fully saturated rings. The first-order valence-electron chi connectivity index (χ1n) is 8.34. The SMILES string of the molecule is c1ccc2[nH]c(CNc3ccnc(-c4csc5ccccc45)n3)nc2c1. The molecule has 0 atom stereocenters. The zero-order valence-corrected chi connectivity index (χ0v) is 14.6. The highest BCUT2D eigenvalue weighted by molar-refractivity contribution is 7.17. The third-order valence-electron chi connectivity index (χ3n) is 4.25. The van der Waals surface area contributed by atoms with Gasteiger partial charge in [-0.05, 0) is 24.3 Å². The molecule has 6 heteroatoms. The smallest absolute Gasteiger partial charge is 0.162 e. The lowest BCUT2D eigenvalue weighted by Gasteiger charge is -2.05. The van der Waals surface area contributed by atoms with Crippen molar-refractivity contribution < 1.29 is 0 Å². The summed E-state index contributed by atoms with van der Waals surface area (Å²) in [5, 5.41) is 6.63. The molecule has 0 aliphatic carbocycles. The van der Waals surface area contributed by atoms with Crippen molar-refractivity contribution in [2.75, 3.05) is 5.32 Å². The number of nitrogens with zero attached hydrogens (tertiary/aromatic N) is 3. The van der Waals surface area contributed by atoms with Crippen molar-refractivity contribution in [2.24, 2.45) is 0 Å². The number of hydrogen-bond donors (Lipinski definition) is 2. The van der Waals surface area contributed by atoms with Crippen LogP contribution < -0.4 is 5.32 Å². The second-order valence-electron chi connectivity index (χ2n) is 5.97. The van der Waals surface area contributed by atoms with Crippen molar-refractivity contribution in [3.63, 3.8) is 0 Å². The standard InChI is InChI=1S/C20H15N5S/c1-4-8-17-13(5-1)14(12-26-17)20-21-10-9-18(25-20)22-11-19-23-15-6-2-3-7-16(15)24-19/h1-10,12H,11H2,(H,23,24)(H,21,22,25). The van der Waals surface area contributed by atoms with E-state index in [4.69, 9.17) is 0 Å². The number of fused-ring (bicyclic) bond motifs is 2. The van der Waals surface area contributed by atoms with Gasteiger partial charge in [0.25, 0.3) is 0 Å². The van der Waals surface area contributed by atoms with Gasteiger partial charge in [0, 0.05) is 27.2 Å². The normalized spacial score (nSPS) is 11.2. The van der Waals surface area contributed by atoms with Crippen LogP contribution in [0.2, 0.25) is 0 Å². The van der Waals surface area contributed by atoms with Crippen LogP contribution in [0, 0.1) is 0 Å². The molecule has 0 aliphatic heterocycles. The number of imidazole rings is 1. The summed E-state index contributed by atoms with van der Waals surface area (Å²) in [5.41, 5.74) is 3.08. The van der Waals surface area contributed by atoms with Crippen LogP contribution in [0.4, 0.5) is 5.82 Å². The third-order valence-corrected chi connectivity index (χ3v) is 5.22. The predicted molar refractivity (Wildman–Crippen MR) is 106 cm³/mol. The quantitative estimate of drug-likeness (QED) is 0.483. The van der Waals surface area contributed by atoms with Gasteiger partial charge in [-0.25, -0.2) is 15.0 Å². The molecular weight excluding hydrogens is 342 g/mol. The Bertz CT molecular complexity index is 1170. The van der Waals surface area contributed by atoms with Crippen LogP contribution in [0.1, 0.15) is 5.82 Å². The van der Waals surface area contributed by atoms with E-state index in [9.17, 15) is 0 Å². The van der Waals surface area contributed by atoms with E-state index in [-0.39, 0.29) is 0 Å². The molecule has 0 bridgehead atoms. The molecule has 3 heterocycles. The average molecular weight is 357 g/mol. The zero-order valence-electron chi connectivity index (χ0n) is 13.8. The fourth-order valence-corrected chi connectivity index (χ4v) is 3.94. The van der Waals surface area contributed by atoms with Gasteiger partial charge in [-0.15, -0.1) is 11.3 Å². The van der Waals surface area contributed by atoms with E-state index >= 15 is 0 Å². The summed E-state index contributed by atoms with van der Waals surface area (Å²) in [6.07, 6.45) is 1.79. The molecule has 2 N–H and O–H groups in total. The van der Waals surface area contributed by atoms with Crippen LogP contribution in [0.25, 0.3) is 32.5 Å². The summed E-state index contributed by atoms with van der Waals surface area (Å²) in [7, 11) is 0. The molecule has 0 spiro atoms.